The number of nitrogens with zero attached hydrogens (tertiary/aromatic N) is 3. The monoisotopic (exact) mass is 407 g/mol. The zero-order chi connectivity index (χ0) is 18.9. The first kappa shape index (κ1) is 17.5. The van der Waals surface area contributed by atoms with Crippen molar-refractivity contribution < 1.29 is 9.84 Å². The maximum absolute atomic E-state index is 10.4. The van der Waals surface area contributed by atoms with Crippen molar-refractivity contribution in [1.82, 2.24) is 14.6 Å². The molecule has 2 aromatic heterocycles. The Hall–Kier alpha value is -2.61. The van der Waals surface area contributed by atoms with Gasteiger partial charge in [0.25, 0.3) is 0 Å². The fourth-order valence-corrected chi connectivity index (χ4v) is 4.99. The van der Waals surface area contributed by atoms with Gasteiger partial charge in [-0.05, 0) is 35.0 Å². The highest BCUT2D eigenvalue weighted by molar-refractivity contribution is 7.99. The van der Waals surface area contributed by atoms with Crippen molar-refractivity contribution >= 4 is 49.0 Å². The Morgan fingerprint density at radius 1 is 1.00 bits per heavy atom. The van der Waals surface area contributed by atoms with Crippen molar-refractivity contribution in [3.8, 4) is 5.75 Å². The zero-order valence-corrected chi connectivity index (χ0v) is 16.5. The number of hydrogen-bond donors (Lipinski definition) is 1. The lowest BCUT2D eigenvalue weighted by Crippen LogP contribution is -2.20. The Balaban J connectivity index is 1.24. The van der Waals surface area contributed by atoms with Crippen LogP contribution in [0.3, 0.4) is 0 Å². The van der Waals surface area contributed by atoms with E-state index < -0.39 is 6.10 Å². The van der Waals surface area contributed by atoms with Gasteiger partial charge >= 0.3 is 0 Å². The van der Waals surface area contributed by atoms with Gasteiger partial charge in [0.1, 0.15) is 12.4 Å². The van der Waals surface area contributed by atoms with E-state index in [0.29, 0.717) is 5.75 Å². The molecule has 0 saturated carbocycles. The fourth-order valence-electron chi connectivity index (χ4n) is 3.12. The Bertz CT molecular complexity index is 1260. The van der Waals surface area contributed by atoms with Crippen LogP contribution in [0.2, 0.25) is 0 Å². The molecule has 1 unspecified atom stereocenters. The molecule has 0 saturated heterocycles. The first-order valence-electron chi connectivity index (χ1n) is 8.93. The Kier molecular flexibility index (Phi) is 4.64. The highest BCUT2D eigenvalue weighted by atomic mass is 32.2. The molecule has 3 aromatic carbocycles. The lowest BCUT2D eigenvalue weighted by molar-refractivity contribution is 0.126. The summed E-state index contributed by atoms with van der Waals surface area (Å²) in [5.74, 6) is 1.25. The minimum absolute atomic E-state index is 0.234. The number of ether oxygens (including phenoxy) is 1. The molecule has 2 heterocycles. The summed E-state index contributed by atoms with van der Waals surface area (Å²) < 4.78 is 9.00. The zero-order valence-electron chi connectivity index (χ0n) is 14.9. The number of fused-ring (bicyclic) bond motifs is 4. The minimum atomic E-state index is -0.603. The molecule has 0 aliphatic carbocycles. The number of thiazole rings is 1. The summed E-state index contributed by atoms with van der Waals surface area (Å²) in [5, 5.41) is 22.0. The van der Waals surface area contributed by atoms with Crippen LogP contribution in [0.5, 0.6) is 5.75 Å². The molecule has 0 fully saturated rings. The lowest BCUT2D eigenvalue weighted by atomic mass is 10.1. The maximum atomic E-state index is 10.4. The van der Waals surface area contributed by atoms with Gasteiger partial charge in [0, 0.05) is 5.75 Å². The van der Waals surface area contributed by atoms with Crippen LogP contribution in [0.25, 0.3) is 25.9 Å². The Morgan fingerprint density at radius 3 is 2.75 bits per heavy atom. The Labute approximate surface area is 169 Å². The predicted octanol–water partition coefficient (Wildman–Crippen LogP) is 4.63. The molecular formula is C21H17N3O2S2. The van der Waals surface area contributed by atoms with Gasteiger partial charge in [-0.2, -0.15) is 0 Å². The predicted molar refractivity (Wildman–Crippen MR) is 115 cm³/mol. The molecule has 5 aromatic rings. The molecule has 5 rings (SSSR count). The number of benzene rings is 3. The van der Waals surface area contributed by atoms with Crippen molar-refractivity contribution in [3.05, 3.63) is 66.7 Å². The van der Waals surface area contributed by atoms with Crippen molar-refractivity contribution in [1.29, 1.82) is 0 Å². The van der Waals surface area contributed by atoms with Gasteiger partial charge in [-0.1, -0.05) is 65.6 Å². The van der Waals surface area contributed by atoms with Gasteiger partial charge in [-0.15, -0.1) is 10.2 Å². The molecule has 140 valence electrons. The summed E-state index contributed by atoms with van der Waals surface area (Å²) in [6.45, 7) is 0.234. The number of aliphatic hydroxyl groups excluding tert-OH is 1. The van der Waals surface area contributed by atoms with E-state index in [1.807, 2.05) is 46.9 Å². The lowest BCUT2D eigenvalue weighted by Gasteiger charge is -2.12. The summed E-state index contributed by atoms with van der Waals surface area (Å²) in [6, 6.07) is 22.3. The molecule has 0 aliphatic heterocycles. The van der Waals surface area contributed by atoms with Gasteiger partial charge in [0.05, 0.1) is 16.3 Å². The van der Waals surface area contributed by atoms with Crippen LogP contribution in [0, 0.1) is 0 Å². The fraction of sp³-hybridized carbons (Fsp3) is 0.143. The second-order valence-corrected chi connectivity index (χ2v) is 8.45. The van der Waals surface area contributed by atoms with E-state index in [0.717, 1.165) is 26.8 Å². The van der Waals surface area contributed by atoms with Crippen molar-refractivity contribution in [2.45, 2.75) is 11.3 Å². The molecule has 28 heavy (non-hydrogen) atoms. The normalized spacial score (nSPS) is 12.8. The van der Waals surface area contributed by atoms with Crippen molar-refractivity contribution in [2.24, 2.45) is 0 Å². The third kappa shape index (κ3) is 3.32. The second-order valence-electron chi connectivity index (χ2n) is 6.46. The molecule has 1 N–H and O–H groups in total. The van der Waals surface area contributed by atoms with E-state index in [-0.39, 0.29) is 6.61 Å². The number of thioether (sulfide) groups is 1. The summed E-state index contributed by atoms with van der Waals surface area (Å²) in [5.41, 5.74) is 1.09. The highest BCUT2D eigenvalue weighted by Crippen LogP contribution is 2.29. The first-order valence-corrected chi connectivity index (χ1v) is 10.7. The van der Waals surface area contributed by atoms with E-state index in [4.69, 9.17) is 4.74 Å². The average molecular weight is 408 g/mol. The number of para-hydroxylation sites is 1. The number of aromatic nitrogens is 3. The van der Waals surface area contributed by atoms with Crippen LogP contribution in [0.1, 0.15) is 0 Å². The SMILES string of the molecule is OC(COc1ccc2ccccc2c1)CSc1nnc2sc3ccccc3n12. The second kappa shape index (κ2) is 7.43. The van der Waals surface area contributed by atoms with Crippen LogP contribution in [-0.4, -0.2) is 38.2 Å². The molecule has 0 bridgehead atoms. The molecule has 0 radical (unpaired) electrons. The number of hydrogen-bond acceptors (Lipinski definition) is 6. The van der Waals surface area contributed by atoms with Gasteiger partial charge < -0.3 is 9.84 Å². The van der Waals surface area contributed by atoms with Crippen LogP contribution >= 0.6 is 23.1 Å². The van der Waals surface area contributed by atoms with Crippen LogP contribution in [-0.2, 0) is 0 Å². The Morgan fingerprint density at radius 2 is 1.82 bits per heavy atom. The maximum Gasteiger partial charge on any atom is 0.217 e. The van der Waals surface area contributed by atoms with E-state index in [2.05, 4.69) is 34.5 Å². The smallest absolute Gasteiger partial charge is 0.217 e. The highest BCUT2D eigenvalue weighted by Gasteiger charge is 2.14. The molecule has 7 heteroatoms. The van der Waals surface area contributed by atoms with E-state index in [9.17, 15) is 5.11 Å². The van der Waals surface area contributed by atoms with Crippen LogP contribution < -0.4 is 4.74 Å². The van der Waals surface area contributed by atoms with E-state index in [1.165, 1.54) is 21.8 Å². The topological polar surface area (TPSA) is 59.7 Å². The van der Waals surface area contributed by atoms with Gasteiger partial charge in [0.2, 0.25) is 4.96 Å². The van der Waals surface area contributed by atoms with Crippen molar-refractivity contribution in [3.63, 3.8) is 0 Å². The summed E-state index contributed by atoms with van der Waals surface area (Å²) in [6.07, 6.45) is -0.603. The van der Waals surface area contributed by atoms with Crippen LogP contribution in [0.15, 0.2) is 71.9 Å². The van der Waals surface area contributed by atoms with Gasteiger partial charge in [-0.3, -0.25) is 4.40 Å². The van der Waals surface area contributed by atoms with Gasteiger partial charge in [-0.25, -0.2) is 0 Å². The average Bonchev–Trinajstić information content (AvgIpc) is 3.30. The number of aliphatic hydroxyl groups is 1. The molecule has 0 aliphatic rings. The molecule has 0 amide bonds. The molecule has 1 atom stereocenters. The van der Waals surface area contributed by atoms with Gasteiger partial charge in [0.15, 0.2) is 5.16 Å². The van der Waals surface area contributed by atoms with Crippen LogP contribution in [0.4, 0.5) is 0 Å². The summed E-state index contributed by atoms with van der Waals surface area (Å²) >= 11 is 3.10. The van der Waals surface area contributed by atoms with E-state index in [1.54, 1.807) is 11.3 Å². The quantitative estimate of drug-likeness (QED) is 0.416. The summed E-state index contributed by atoms with van der Waals surface area (Å²) in [4.78, 5) is 0.866. The molecule has 0 spiro atoms. The number of rotatable bonds is 6. The summed E-state index contributed by atoms with van der Waals surface area (Å²) in [7, 11) is 0. The first-order chi connectivity index (χ1) is 13.8. The molecule has 5 nitrogen and oxygen atoms in total. The standard InChI is InChI=1S/C21H17N3O2S2/c25-16(12-26-17-10-9-14-5-1-2-6-15(14)11-17)13-27-20-22-23-21-24(20)18-7-3-4-8-19(18)28-21/h1-11,16,25H,12-13H2. The largest absolute Gasteiger partial charge is 0.491 e. The third-order valence-electron chi connectivity index (χ3n) is 4.48. The van der Waals surface area contributed by atoms with E-state index >= 15 is 0 Å². The van der Waals surface area contributed by atoms with Crippen molar-refractivity contribution in [2.75, 3.05) is 12.4 Å². The third-order valence-corrected chi connectivity index (χ3v) is 6.57. The minimum Gasteiger partial charge on any atom is -0.491 e. The molecular weight excluding hydrogens is 390 g/mol.